The van der Waals surface area contributed by atoms with Crippen molar-refractivity contribution in [3.05, 3.63) is 39.5 Å². The SMILES string of the molecule is Cc1ncnc(N2CCC(C(=O)N3CCc4sccc4C3)C2)c1C. The molecule has 1 saturated heterocycles. The Kier molecular flexibility index (Phi) is 4.00. The van der Waals surface area contributed by atoms with Crippen LogP contribution in [0.5, 0.6) is 0 Å². The molecule has 0 bridgehead atoms. The van der Waals surface area contributed by atoms with E-state index in [4.69, 9.17) is 0 Å². The largest absolute Gasteiger partial charge is 0.355 e. The van der Waals surface area contributed by atoms with E-state index in [1.165, 1.54) is 10.4 Å². The molecule has 2 aliphatic heterocycles. The summed E-state index contributed by atoms with van der Waals surface area (Å²) in [5, 5.41) is 2.14. The van der Waals surface area contributed by atoms with E-state index in [0.717, 1.165) is 56.1 Å². The smallest absolute Gasteiger partial charge is 0.227 e. The number of fused-ring (bicyclic) bond motifs is 1. The Labute approximate surface area is 146 Å². The molecule has 1 atom stereocenters. The maximum absolute atomic E-state index is 12.9. The summed E-state index contributed by atoms with van der Waals surface area (Å²) in [6, 6.07) is 2.16. The first-order chi connectivity index (χ1) is 11.6. The van der Waals surface area contributed by atoms with Gasteiger partial charge in [0.2, 0.25) is 5.91 Å². The van der Waals surface area contributed by atoms with Crippen LogP contribution in [0.15, 0.2) is 17.8 Å². The van der Waals surface area contributed by atoms with Gasteiger partial charge in [0.15, 0.2) is 0 Å². The zero-order valence-electron chi connectivity index (χ0n) is 14.2. The molecule has 2 aliphatic rings. The van der Waals surface area contributed by atoms with Crippen LogP contribution in [-0.4, -0.2) is 40.4 Å². The molecule has 1 amide bonds. The third kappa shape index (κ3) is 2.69. The molecule has 0 radical (unpaired) electrons. The van der Waals surface area contributed by atoms with Gasteiger partial charge in [0.1, 0.15) is 12.1 Å². The summed E-state index contributed by atoms with van der Waals surface area (Å²) in [6.45, 7) is 7.36. The van der Waals surface area contributed by atoms with Crippen molar-refractivity contribution in [2.24, 2.45) is 5.92 Å². The molecule has 0 spiro atoms. The van der Waals surface area contributed by atoms with Crippen molar-refractivity contribution in [2.75, 3.05) is 24.5 Å². The van der Waals surface area contributed by atoms with E-state index < -0.39 is 0 Å². The van der Waals surface area contributed by atoms with Gasteiger partial charge in [-0.3, -0.25) is 4.79 Å². The molecule has 5 nitrogen and oxygen atoms in total. The molecule has 1 unspecified atom stereocenters. The van der Waals surface area contributed by atoms with Crippen molar-refractivity contribution in [1.29, 1.82) is 0 Å². The minimum atomic E-state index is 0.0832. The lowest BCUT2D eigenvalue weighted by atomic mass is 10.0. The van der Waals surface area contributed by atoms with Crippen LogP contribution in [0, 0.1) is 19.8 Å². The van der Waals surface area contributed by atoms with Gasteiger partial charge < -0.3 is 9.80 Å². The Balaban J connectivity index is 1.45. The average Bonchev–Trinajstić information content (AvgIpc) is 3.25. The number of hydrogen-bond donors (Lipinski definition) is 0. The standard InChI is InChI=1S/C18H22N4OS/c1-12-13(2)19-11-20-17(12)21-6-3-15(10-21)18(23)22-7-4-16-14(9-22)5-8-24-16/h5,8,11,15H,3-4,6-7,9-10H2,1-2H3. The fourth-order valence-corrected chi connectivity index (χ4v) is 4.58. The van der Waals surface area contributed by atoms with Crippen molar-refractivity contribution in [1.82, 2.24) is 14.9 Å². The van der Waals surface area contributed by atoms with E-state index in [1.54, 1.807) is 6.33 Å². The Morgan fingerprint density at radius 1 is 1.29 bits per heavy atom. The number of nitrogens with zero attached hydrogens (tertiary/aromatic N) is 4. The third-order valence-electron chi connectivity index (χ3n) is 5.27. The van der Waals surface area contributed by atoms with Gasteiger partial charge >= 0.3 is 0 Å². The summed E-state index contributed by atoms with van der Waals surface area (Å²) in [5.41, 5.74) is 3.46. The van der Waals surface area contributed by atoms with Crippen molar-refractivity contribution in [2.45, 2.75) is 33.2 Å². The predicted octanol–water partition coefficient (Wildman–Crippen LogP) is 2.57. The molecule has 4 rings (SSSR count). The molecule has 0 N–H and O–H groups in total. The fraction of sp³-hybridized carbons (Fsp3) is 0.500. The van der Waals surface area contributed by atoms with Crippen LogP contribution in [-0.2, 0) is 17.8 Å². The zero-order valence-corrected chi connectivity index (χ0v) is 15.0. The Morgan fingerprint density at radius 2 is 2.17 bits per heavy atom. The number of anilines is 1. The lowest BCUT2D eigenvalue weighted by molar-refractivity contribution is -0.135. The molecule has 0 aromatic carbocycles. The Morgan fingerprint density at radius 3 is 3.04 bits per heavy atom. The normalized spacial score (nSPS) is 20.3. The molecule has 126 valence electrons. The van der Waals surface area contributed by atoms with Gasteiger partial charge in [0.25, 0.3) is 0 Å². The van der Waals surface area contributed by atoms with Crippen LogP contribution in [0.2, 0.25) is 0 Å². The van der Waals surface area contributed by atoms with Gasteiger partial charge in [-0.1, -0.05) is 0 Å². The minimum absolute atomic E-state index is 0.0832. The minimum Gasteiger partial charge on any atom is -0.355 e. The predicted molar refractivity (Wildman–Crippen MR) is 95.3 cm³/mol. The van der Waals surface area contributed by atoms with Crippen LogP contribution in [0.4, 0.5) is 5.82 Å². The average molecular weight is 342 g/mol. The molecular formula is C18H22N4OS. The Hall–Kier alpha value is -1.95. The van der Waals surface area contributed by atoms with E-state index in [-0.39, 0.29) is 5.92 Å². The second-order valence-electron chi connectivity index (χ2n) is 6.72. The highest BCUT2D eigenvalue weighted by Gasteiger charge is 2.34. The van der Waals surface area contributed by atoms with Gasteiger partial charge in [-0.25, -0.2) is 9.97 Å². The number of carbonyl (C=O) groups excluding carboxylic acids is 1. The first kappa shape index (κ1) is 15.6. The fourth-order valence-electron chi connectivity index (χ4n) is 3.69. The monoisotopic (exact) mass is 342 g/mol. The lowest BCUT2D eigenvalue weighted by Crippen LogP contribution is -2.40. The number of amides is 1. The molecule has 6 heteroatoms. The van der Waals surface area contributed by atoms with E-state index in [9.17, 15) is 4.79 Å². The van der Waals surface area contributed by atoms with Crippen LogP contribution in [0.3, 0.4) is 0 Å². The summed E-state index contributed by atoms with van der Waals surface area (Å²) >= 11 is 1.81. The van der Waals surface area contributed by atoms with Gasteiger partial charge in [-0.2, -0.15) is 0 Å². The maximum atomic E-state index is 12.9. The molecule has 0 saturated carbocycles. The molecule has 0 aliphatic carbocycles. The van der Waals surface area contributed by atoms with E-state index in [2.05, 4.69) is 33.2 Å². The highest BCUT2D eigenvalue weighted by molar-refractivity contribution is 7.10. The van der Waals surface area contributed by atoms with Crippen LogP contribution < -0.4 is 4.90 Å². The first-order valence-corrected chi connectivity index (χ1v) is 9.38. The van der Waals surface area contributed by atoms with Crippen LogP contribution >= 0.6 is 11.3 Å². The van der Waals surface area contributed by atoms with E-state index >= 15 is 0 Å². The van der Waals surface area contributed by atoms with Crippen molar-refractivity contribution < 1.29 is 4.79 Å². The highest BCUT2D eigenvalue weighted by atomic mass is 32.1. The number of aromatic nitrogens is 2. The van der Waals surface area contributed by atoms with Gasteiger partial charge in [-0.05, 0) is 43.7 Å². The number of thiophene rings is 1. The molecule has 1 fully saturated rings. The van der Waals surface area contributed by atoms with Crippen molar-refractivity contribution >= 4 is 23.1 Å². The summed E-state index contributed by atoms with van der Waals surface area (Å²) < 4.78 is 0. The van der Waals surface area contributed by atoms with E-state index in [1.807, 2.05) is 23.2 Å². The molecule has 4 heterocycles. The highest BCUT2D eigenvalue weighted by Crippen LogP contribution is 2.29. The molecular weight excluding hydrogens is 320 g/mol. The topological polar surface area (TPSA) is 49.3 Å². The maximum Gasteiger partial charge on any atom is 0.227 e. The zero-order chi connectivity index (χ0) is 16.7. The summed E-state index contributed by atoms with van der Waals surface area (Å²) in [6.07, 6.45) is 3.53. The lowest BCUT2D eigenvalue weighted by Gasteiger charge is -2.29. The van der Waals surface area contributed by atoms with Gasteiger partial charge in [0, 0.05) is 42.3 Å². The summed E-state index contributed by atoms with van der Waals surface area (Å²) in [5.74, 6) is 1.37. The van der Waals surface area contributed by atoms with Gasteiger partial charge in [0.05, 0.1) is 5.92 Å². The molecule has 2 aromatic heterocycles. The molecule has 24 heavy (non-hydrogen) atoms. The number of aryl methyl sites for hydroxylation is 1. The molecule has 2 aromatic rings. The van der Waals surface area contributed by atoms with Crippen molar-refractivity contribution in [3.8, 4) is 0 Å². The second-order valence-corrected chi connectivity index (χ2v) is 7.72. The van der Waals surface area contributed by atoms with Gasteiger partial charge in [-0.15, -0.1) is 11.3 Å². The number of carbonyl (C=O) groups is 1. The number of rotatable bonds is 2. The third-order valence-corrected chi connectivity index (χ3v) is 6.29. The van der Waals surface area contributed by atoms with Crippen LogP contribution in [0.25, 0.3) is 0 Å². The summed E-state index contributed by atoms with van der Waals surface area (Å²) in [7, 11) is 0. The Bertz CT molecular complexity index is 772. The quantitative estimate of drug-likeness (QED) is 0.842. The second kappa shape index (κ2) is 6.16. The van der Waals surface area contributed by atoms with E-state index in [0.29, 0.717) is 5.91 Å². The first-order valence-electron chi connectivity index (χ1n) is 8.50. The number of hydrogen-bond acceptors (Lipinski definition) is 5. The van der Waals surface area contributed by atoms with Crippen molar-refractivity contribution in [3.63, 3.8) is 0 Å². The van der Waals surface area contributed by atoms with Crippen LogP contribution in [0.1, 0.15) is 28.1 Å². The summed E-state index contributed by atoms with van der Waals surface area (Å²) in [4.78, 5) is 27.3.